The van der Waals surface area contributed by atoms with Crippen LogP contribution in [-0.2, 0) is 6.54 Å². The summed E-state index contributed by atoms with van der Waals surface area (Å²) >= 11 is 0. The van der Waals surface area contributed by atoms with Gasteiger partial charge < -0.3 is 4.74 Å². The van der Waals surface area contributed by atoms with Gasteiger partial charge in [0.15, 0.2) is 5.52 Å². The van der Waals surface area contributed by atoms with Gasteiger partial charge in [-0.25, -0.2) is 4.39 Å². The van der Waals surface area contributed by atoms with E-state index in [1.165, 1.54) is 39.8 Å². The fourth-order valence-corrected chi connectivity index (χ4v) is 3.02. The standard InChI is InChI=1S/C20H14F4N4O2/c1-2-28-25-17-16(12-3-5-13(21)6-4-12)11-27(19(29)18(17)26-28)14-7-9-15(10-8-14)30-20(22,23)24/h3-11H,2H2,1H3. The number of pyridine rings is 1. The van der Waals surface area contributed by atoms with E-state index >= 15 is 0 Å². The quantitative estimate of drug-likeness (QED) is 0.464. The van der Waals surface area contributed by atoms with Gasteiger partial charge in [-0.05, 0) is 48.9 Å². The molecule has 0 aliphatic heterocycles. The lowest BCUT2D eigenvalue weighted by atomic mass is 10.1. The number of aryl methyl sites for hydroxylation is 1. The topological polar surface area (TPSA) is 61.9 Å². The van der Waals surface area contributed by atoms with Gasteiger partial charge in [-0.15, -0.1) is 18.3 Å². The fraction of sp³-hybridized carbons (Fsp3) is 0.150. The number of fused-ring (bicyclic) bond motifs is 1. The molecule has 0 saturated carbocycles. The molecule has 4 aromatic rings. The zero-order valence-electron chi connectivity index (χ0n) is 15.5. The molecule has 2 heterocycles. The first-order valence-electron chi connectivity index (χ1n) is 8.88. The van der Waals surface area contributed by atoms with Gasteiger partial charge in [0.2, 0.25) is 0 Å². The highest BCUT2D eigenvalue weighted by atomic mass is 19.4. The molecular weight excluding hydrogens is 404 g/mol. The molecule has 6 nitrogen and oxygen atoms in total. The van der Waals surface area contributed by atoms with Gasteiger partial charge in [0, 0.05) is 17.4 Å². The zero-order valence-corrected chi connectivity index (χ0v) is 15.5. The highest BCUT2D eigenvalue weighted by molar-refractivity contribution is 5.90. The average molecular weight is 418 g/mol. The Labute approximate surface area is 166 Å². The van der Waals surface area contributed by atoms with Crippen molar-refractivity contribution in [3.8, 4) is 22.6 Å². The lowest BCUT2D eigenvalue weighted by Gasteiger charge is -2.12. The molecule has 0 atom stereocenters. The van der Waals surface area contributed by atoms with Crippen molar-refractivity contribution in [1.82, 2.24) is 19.6 Å². The third kappa shape index (κ3) is 3.76. The van der Waals surface area contributed by atoms with Crippen molar-refractivity contribution in [2.24, 2.45) is 0 Å². The number of ether oxygens (including phenoxy) is 1. The van der Waals surface area contributed by atoms with E-state index in [4.69, 9.17) is 0 Å². The van der Waals surface area contributed by atoms with Crippen LogP contribution in [0.3, 0.4) is 0 Å². The van der Waals surface area contributed by atoms with Crippen LogP contribution in [0.15, 0.2) is 59.5 Å². The van der Waals surface area contributed by atoms with Gasteiger partial charge in [-0.3, -0.25) is 9.36 Å². The van der Waals surface area contributed by atoms with Crippen molar-refractivity contribution >= 4 is 11.0 Å². The maximum Gasteiger partial charge on any atom is 0.573 e. The van der Waals surface area contributed by atoms with Crippen LogP contribution in [0.2, 0.25) is 0 Å². The van der Waals surface area contributed by atoms with Crippen molar-refractivity contribution in [2.75, 3.05) is 0 Å². The highest BCUT2D eigenvalue weighted by Gasteiger charge is 2.31. The first-order valence-corrected chi connectivity index (χ1v) is 8.88. The van der Waals surface area contributed by atoms with Crippen LogP contribution in [0, 0.1) is 5.82 Å². The SMILES string of the molecule is CCn1nc2c(-c3ccc(F)cc3)cn(-c3ccc(OC(F)(F)F)cc3)c(=O)c2n1. The van der Waals surface area contributed by atoms with Crippen LogP contribution in [0.4, 0.5) is 17.6 Å². The van der Waals surface area contributed by atoms with E-state index in [0.29, 0.717) is 28.9 Å². The Hall–Kier alpha value is -3.69. The van der Waals surface area contributed by atoms with E-state index < -0.39 is 23.5 Å². The third-order valence-electron chi connectivity index (χ3n) is 4.38. The number of halogens is 4. The van der Waals surface area contributed by atoms with Crippen LogP contribution in [0.25, 0.3) is 27.8 Å². The number of hydrogen-bond donors (Lipinski definition) is 0. The molecule has 0 aliphatic carbocycles. The second kappa shape index (κ2) is 7.29. The van der Waals surface area contributed by atoms with Gasteiger partial charge in [0.05, 0.1) is 6.54 Å². The van der Waals surface area contributed by atoms with E-state index in [1.807, 2.05) is 6.92 Å². The van der Waals surface area contributed by atoms with Crippen LogP contribution >= 0.6 is 0 Å². The van der Waals surface area contributed by atoms with Crippen LogP contribution in [0.5, 0.6) is 5.75 Å². The number of hydrogen-bond acceptors (Lipinski definition) is 4. The molecule has 154 valence electrons. The lowest BCUT2D eigenvalue weighted by molar-refractivity contribution is -0.274. The van der Waals surface area contributed by atoms with Gasteiger partial charge in [0.1, 0.15) is 17.1 Å². The largest absolute Gasteiger partial charge is 0.573 e. The molecular formula is C20H14F4N4O2. The summed E-state index contributed by atoms with van der Waals surface area (Å²) in [6.45, 7) is 2.24. The number of rotatable bonds is 4. The number of alkyl halides is 3. The molecule has 0 aliphatic rings. The summed E-state index contributed by atoms with van der Waals surface area (Å²) in [5.41, 5.74) is 1.40. The lowest BCUT2D eigenvalue weighted by Crippen LogP contribution is -2.19. The number of nitrogens with zero attached hydrogens (tertiary/aromatic N) is 4. The molecule has 0 radical (unpaired) electrons. The summed E-state index contributed by atoms with van der Waals surface area (Å²) in [7, 11) is 0. The highest BCUT2D eigenvalue weighted by Crippen LogP contribution is 2.27. The van der Waals surface area contributed by atoms with E-state index in [2.05, 4.69) is 14.9 Å². The number of aromatic nitrogens is 4. The predicted molar refractivity (Wildman–Crippen MR) is 101 cm³/mol. The Balaban J connectivity index is 1.89. The molecule has 0 fully saturated rings. The van der Waals surface area contributed by atoms with E-state index in [0.717, 1.165) is 12.1 Å². The minimum atomic E-state index is -4.81. The maximum absolute atomic E-state index is 13.4. The first-order chi connectivity index (χ1) is 14.2. The Kier molecular flexibility index (Phi) is 4.76. The zero-order chi connectivity index (χ0) is 21.5. The molecule has 4 rings (SSSR count). The smallest absolute Gasteiger partial charge is 0.406 e. The van der Waals surface area contributed by atoms with E-state index in [-0.39, 0.29) is 5.52 Å². The van der Waals surface area contributed by atoms with Crippen LogP contribution < -0.4 is 10.3 Å². The van der Waals surface area contributed by atoms with Crippen LogP contribution in [-0.4, -0.2) is 25.9 Å². The van der Waals surface area contributed by atoms with Gasteiger partial charge >= 0.3 is 6.36 Å². The van der Waals surface area contributed by atoms with E-state index in [9.17, 15) is 22.4 Å². The Morgan fingerprint density at radius 3 is 2.20 bits per heavy atom. The molecule has 0 spiro atoms. The second-order valence-corrected chi connectivity index (χ2v) is 6.35. The van der Waals surface area contributed by atoms with Crippen molar-refractivity contribution in [1.29, 1.82) is 0 Å². The third-order valence-corrected chi connectivity index (χ3v) is 4.38. The van der Waals surface area contributed by atoms with Crippen molar-refractivity contribution in [3.05, 3.63) is 70.9 Å². The van der Waals surface area contributed by atoms with E-state index in [1.54, 1.807) is 12.1 Å². The predicted octanol–water partition coefficient (Wildman–Crippen LogP) is 4.31. The number of benzene rings is 2. The molecule has 0 N–H and O–H groups in total. The van der Waals surface area contributed by atoms with Gasteiger partial charge in [-0.2, -0.15) is 9.90 Å². The van der Waals surface area contributed by atoms with Crippen molar-refractivity contribution < 1.29 is 22.3 Å². The van der Waals surface area contributed by atoms with Gasteiger partial charge in [-0.1, -0.05) is 12.1 Å². The summed E-state index contributed by atoms with van der Waals surface area (Å²) in [4.78, 5) is 14.4. The molecule has 30 heavy (non-hydrogen) atoms. The normalized spacial score (nSPS) is 11.8. The fourth-order valence-electron chi connectivity index (χ4n) is 3.02. The Morgan fingerprint density at radius 2 is 1.60 bits per heavy atom. The molecule has 0 bridgehead atoms. The molecule has 2 aromatic carbocycles. The average Bonchev–Trinajstić information content (AvgIpc) is 3.14. The molecule has 0 unspecified atom stereocenters. The second-order valence-electron chi connectivity index (χ2n) is 6.35. The van der Waals surface area contributed by atoms with Crippen molar-refractivity contribution in [2.45, 2.75) is 19.8 Å². The molecule has 10 heteroatoms. The van der Waals surface area contributed by atoms with Gasteiger partial charge in [0.25, 0.3) is 5.56 Å². The maximum atomic E-state index is 13.4. The van der Waals surface area contributed by atoms with Crippen LogP contribution in [0.1, 0.15) is 6.92 Å². The van der Waals surface area contributed by atoms with Crippen molar-refractivity contribution in [3.63, 3.8) is 0 Å². The summed E-state index contributed by atoms with van der Waals surface area (Å²) in [6.07, 6.45) is -3.31. The monoisotopic (exact) mass is 418 g/mol. The first kappa shape index (κ1) is 19.6. The minimum Gasteiger partial charge on any atom is -0.406 e. The summed E-state index contributed by atoms with van der Waals surface area (Å²) in [6, 6.07) is 10.5. The summed E-state index contributed by atoms with van der Waals surface area (Å²) in [5, 5.41) is 8.54. The Bertz CT molecular complexity index is 1260. The summed E-state index contributed by atoms with van der Waals surface area (Å²) in [5.74, 6) is -0.822. The molecule has 0 saturated heterocycles. The molecule has 0 amide bonds. The Morgan fingerprint density at radius 1 is 0.967 bits per heavy atom. The minimum absolute atomic E-state index is 0.0919. The molecule has 2 aromatic heterocycles. The summed E-state index contributed by atoms with van der Waals surface area (Å²) < 4.78 is 55.6.